The molecule has 0 aromatic rings. The van der Waals surface area contributed by atoms with Gasteiger partial charge in [-0.05, 0) is 32.2 Å². The van der Waals surface area contributed by atoms with E-state index in [1.54, 1.807) is 0 Å². The van der Waals surface area contributed by atoms with Crippen molar-refractivity contribution < 1.29 is 1.43 Å². The number of rotatable bonds is 0. The first-order chi connectivity index (χ1) is 4.80. The Morgan fingerprint density at radius 2 is 1.90 bits per heavy atom. The van der Waals surface area contributed by atoms with E-state index in [1.807, 2.05) is 13.8 Å². The minimum Gasteiger partial charge on any atom is -0.314 e. The molecule has 1 saturated heterocycles. The lowest BCUT2D eigenvalue weighted by atomic mass is 9.94. The van der Waals surface area contributed by atoms with E-state index < -0.39 is 0 Å². The van der Waals surface area contributed by atoms with E-state index in [4.69, 9.17) is 0 Å². The van der Waals surface area contributed by atoms with Crippen LogP contribution in [0.3, 0.4) is 0 Å². The Morgan fingerprint density at radius 1 is 1.30 bits per heavy atom. The van der Waals surface area contributed by atoms with Crippen molar-refractivity contribution in [1.82, 2.24) is 5.32 Å². The predicted octanol–water partition coefficient (Wildman–Crippen LogP) is 2.67. The van der Waals surface area contributed by atoms with Gasteiger partial charge in [0.25, 0.3) is 0 Å². The molecule has 0 bridgehead atoms. The molecule has 0 aromatic carbocycles. The van der Waals surface area contributed by atoms with Crippen LogP contribution in [-0.4, -0.2) is 12.6 Å². The van der Waals surface area contributed by atoms with Gasteiger partial charge >= 0.3 is 0 Å². The molecule has 0 aliphatic carbocycles. The molecule has 0 spiro atoms. The summed E-state index contributed by atoms with van der Waals surface area (Å²) in [7, 11) is 0. The summed E-state index contributed by atoms with van der Waals surface area (Å²) < 4.78 is 0. The minimum absolute atomic E-state index is 0. The SMILES string of the molecule is CC.CC1CCCNC1C.[HH]. The van der Waals surface area contributed by atoms with E-state index in [2.05, 4.69) is 19.2 Å². The Hall–Kier alpha value is -0.0400. The molecular weight excluding hydrogens is 122 g/mol. The lowest BCUT2D eigenvalue weighted by Gasteiger charge is -2.26. The molecule has 2 unspecified atom stereocenters. The van der Waals surface area contributed by atoms with Crippen molar-refractivity contribution in [2.45, 2.75) is 46.6 Å². The number of hydrogen-bond acceptors (Lipinski definition) is 1. The minimum atomic E-state index is 0. The fourth-order valence-corrected chi connectivity index (χ4v) is 1.20. The fourth-order valence-electron chi connectivity index (χ4n) is 1.20. The van der Waals surface area contributed by atoms with E-state index in [1.165, 1.54) is 19.4 Å². The molecule has 10 heavy (non-hydrogen) atoms. The van der Waals surface area contributed by atoms with Gasteiger partial charge in [0.1, 0.15) is 0 Å². The highest BCUT2D eigenvalue weighted by Gasteiger charge is 2.14. The quantitative estimate of drug-likeness (QED) is 0.552. The molecule has 1 nitrogen and oxygen atoms in total. The van der Waals surface area contributed by atoms with Crippen molar-refractivity contribution >= 4 is 0 Å². The molecule has 1 N–H and O–H groups in total. The number of nitrogens with one attached hydrogen (secondary N) is 1. The highest BCUT2D eigenvalue weighted by Crippen LogP contribution is 2.13. The first kappa shape index (κ1) is 9.96. The van der Waals surface area contributed by atoms with Gasteiger partial charge < -0.3 is 5.32 Å². The van der Waals surface area contributed by atoms with Crippen LogP contribution in [0.5, 0.6) is 0 Å². The van der Waals surface area contributed by atoms with Gasteiger partial charge in [0.2, 0.25) is 0 Å². The molecule has 1 aliphatic rings. The smallest absolute Gasteiger partial charge is 0.00643 e. The molecule has 0 aromatic heterocycles. The Kier molecular flexibility index (Phi) is 5.70. The van der Waals surface area contributed by atoms with Gasteiger partial charge in [-0.25, -0.2) is 0 Å². The molecule has 1 aliphatic heterocycles. The maximum Gasteiger partial charge on any atom is 0.00643 e. The largest absolute Gasteiger partial charge is 0.314 e. The predicted molar refractivity (Wildman–Crippen MR) is 49.3 cm³/mol. The fraction of sp³-hybridized carbons (Fsp3) is 1.00. The standard InChI is InChI=1S/C7H15N.C2H6.H2/c1-6-4-3-5-8-7(6)2;1-2;/h6-8H,3-5H2,1-2H3;1-2H3;1H. The Bertz CT molecular complexity index is 66.0. The molecule has 64 valence electrons. The van der Waals surface area contributed by atoms with Crippen molar-refractivity contribution in [1.29, 1.82) is 0 Å². The number of piperidine rings is 1. The van der Waals surface area contributed by atoms with Crippen LogP contribution in [-0.2, 0) is 0 Å². The molecule has 2 atom stereocenters. The Morgan fingerprint density at radius 3 is 2.20 bits per heavy atom. The molecule has 1 rings (SSSR count). The zero-order valence-electron chi connectivity index (χ0n) is 7.78. The molecule has 1 heteroatoms. The van der Waals surface area contributed by atoms with Crippen LogP contribution in [0.25, 0.3) is 0 Å². The van der Waals surface area contributed by atoms with E-state index in [0.717, 1.165) is 12.0 Å². The highest BCUT2D eigenvalue weighted by molar-refractivity contribution is 4.73. The second-order valence-corrected chi connectivity index (χ2v) is 2.86. The zero-order chi connectivity index (χ0) is 7.98. The van der Waals surface area contributed by atoms with Crippen molar-refractivity contribution in [3.05, 3.63) is 0 Å². The third kappa shape index (κ3) is 3.21. The van der Waals surface area contributed by atoms with E-state index in [9.17, 15) is 0 Å². The lowest BCUT2D eigenvalue weighted by molar-refractivity contribution is 0.319. The van der Waals surface area contributed by atoms with E-state index in [-0.39, 0.29) is 1.43 Å². The van der Waals surface area contributed by atoms with Crippen LogP contribution in [0.2, 0.25) is 0 Å². The summed E-state index contributed by atoms with van der Waals surface area (Å²) in [5, 5.41) is 3.43. The molecule has 0 radical (unpaired) electrons. The van der Waals surface area contributed by atoms with Crippen molar-refractivity contribution in [3.8, 4) is 0 Å². The third-order valence-corrected chi connectivity index (χ3v) is 2.16. The molecule has 1 fully saturated rings. The highest BCUT2D eigenvalue weighted by atomic mass is 14.9. The Labute approximate surface area is 66.7 Å². The van der Waals surface area contributed by atoms with Gasteiger partial charge in [0.05, 0.1) is 0 Å². The zero-order valence-corrected chi connectivity index (χ0v) is 7.78. The third-order valence-electron chi connectivity index (χ3n) is 2.16. The Balaban J connectivity index is 0. The van der Waals surface area contributed by atoms with Crippen LogP contribution in [0.15, 0.2) is 0 Å². The normalized spacial score (nSPS) is 32.4. The molecule has 0 saturated carbocycles. The van der Waals surface area contributed by atoms with Gasteiger partial charge in [0, 0.05) is 7.47 Å². The molecular formula is C9H23N. The topological polar surface area (TPSA) is 12.0 Å². The van der Waals surface area contributed by atoms with Gasteiger partial charge in [-0.15, -0.1) is 0 Å². The van der Waals surface area contributed by atoms with Crippen LogP contribution in [0, 0.1) is 5.92 Å². The van der Waals surface area contributed by atoms with Gasteiger partial charge in [-0.2, -0.15) is 0 Å². The summed E-state index contributed by atoms with van der Waals surface area (Å²) in [6, 6.07) is 0.753. The van der Waals surface area contributed by atoms with Crippen molar-refractivity contribution in [2.75, 3.05) is 6.54 Å². The van der Waals surface area contributed by atoms with Crippen LogP contribution < -0.4 is 5.32 Å². The van der Waals surface area contributed by atoms with E-state index in [0.29, 0.717) is 0 Å². The lowest BCUT2D eigenvalue weighted by Crippen LogP contribution is -2.37. The average Bonchev–Trinajstić information content (AvgIpc) is 2.00. The van der Waals surface area contributed by atoms with Gasteiger partial charge in [0.15, 0.2) is 0 Å². The van der Waals surface area contributed by atoms with Gasteiger partial charge in [-0.3, -0.25) is 0 Å². The van der Waals surface area contributed by atoms with Gasteiger partial charge in [-0.1, -0.05) is 20.8 Å². The summed E-state index contributed by atoms with van der Waals surface area (Å²) in [5.41, 5.74) is 0. The summed E-state index contributed by atoms with van der Waals surface area (Å²) in [5.74, 6) is 0.892. The first-order valence-corrected chi connectivity index (χ1v) is 4.54. The van der Waals surface area contributed by atoms with Crippen LogP contribution >= 0.6 is 0 Å². The van der Waals surface area contributed by atoms with Crippen LogP contribution in [0.1, 0.15) is 42.0 Å². The molecule has 0 amide bonds. The second kappa shape index (κ2) is 5.72. The van der Waals surface area contributed by atoms with Crippen molar-refractivity contribution in [3.63, 3.8) is 0 Å². The summed E-state index contributed by atoms with van der Waals surface area (Å²) in [4.78, 5) is 0. The van der Waals surface area contributed by atoms with E-state index >= 15 is 0 Å². The van der Waals surface area contributed by atoms with Crippen LogP contribution in [0.4, 0.5) is 0 Å². The van der Waals surface area contributed by atoms with Crippen molar-refractivity contribution in [2.24, 2.45) is 5.92 Å². The summed E-state index contributed by atoms with van der Waals surface area (Å²) >= 11 is 0. The maximum absolute atomic E-state index is 3.43. The summed E-state index contributed by atoms with van der Waals surface area (Å²) in [6.07, 6.45) is 2.78. The maximum atomic E-state index is 3.43. The molecule has 1 heterocycles. The summed E-state index contributed by atoms with van der Waals surface area (Å²) in [6.45, 7) is 9.81. The second-order valence-electron chi connectivity index (χ2n) is 2.86. The monoisotopic (exact) mass is 145 g/mol. The average molecular weight is 145 g/mol. The number of hydrogen-bond donors (Lipinski definition) is 1. The first-order valence-electron chi connectivity index (χ1n) is 4.54.